The van der Waals surface area contributed by atoms with Crippen molar-refractivity contribution >= 4 is 17.8 Å². The van der Waals surface area contributed by atoms with Crippen molar-refractivity contribution in [2.45, 2.75) is 32.7 Å². The van der Waals surface area contributed by atoms with Gasteiger partial charge >= 0.3 is 11.9 Å². The van der Waals surface area contributed by atoms with Gasteiger partial charge in [-0.2, -0.15) is 5.10 Å². The Bertz CT molecular complexity index is 550. The van der Waals surface area contributed by atoms with E-state index >= 15 is 0 Å². The fourth-order valence-electron chi connectivity index (χ4n) is 1.85. The molecule has 1 amide bonds. The summed E-state index contributed by atoms with van der Waals surface area (Å²) in [7, 11) is 1.74. The van der Waals surface area contributed by atoms with Gasteiger partial charge in [-0.05, 0) is 13.8 Å². The molecular formula is C12H17N3O5. The zero-order valence-corrected chi connectivity index (χ0v) is 11.5. The smallest absolute Gasteiger partial charge is 0.326 e. The van der Waals surface area contributed by atoms with E-state index in [1.54, 1.807) is 25.6 Å². The van der Waals surface area contributed by atoms with Crippen LogP contribution in [0, 0.1) is 13.8 Å². The lowest BCUT2D eigenvalue weighted by molar-refractivity contribution is -0.147. The number of amides is 1. The molecule has 8 heteroatoms. The molecule has 0 bridgehead atoms. The second kappa shape index (κ2) is 6.18. The Balaban J connectivity index is 2.75. The maximum absolute atomic E-state index is 11.8. The fourth-order valence-corrected chi connectivity index (χ4v) is 1.85. The summed E-state index contributed by atoms with van der Waals surface area (Å²) in [5, 5.41) is 23.8. The number of aliphatic carboxylic acids is 2. The molecule has 8 nitrogen and oxygen atoms in total. The van der Waals surface area contributed by atoms with Gasteiger partial charge in [0.15, 0.2) is 0 Å². The van der Waals surface area contributed by atoms with Crippen molar-refractivity contribution in [3.8, 4) is 0 Å². The van der Waals surface area contributed by atoms with Crippen molar-refractivity contribution in [2.75, 3.05) is 0 Å². The predicted molar refractivity (Wildman–Crippen MR) is 68.2 cm³/mol. The number of hydrogen-bond donors (Lipinski definition) is 3. The number of hydrogen-bond acceptors (Lipinski definition) is 4. The van der Waals surface area contributed by atoms with Crippen LogP contribution in [0.2, 0.25) is 0 Å². The number of aryl methyl sites for hydroxylation is 2. The van der Waals surface area contributed by atoms with E-state index in [1.807, 2.05) is 0 Å². The topological polar surface area (TPSA) is 122 Å². The molecule has 1 aromatic heterocycles. The number of aromatic nitrogens is 2. The maximum Gasteiger partial charge on any atom is 0.326 e. The molecule has 1 unspecified atom stereocenters. The summed E-state index contributed by atoms with van der Waals surface area (Å²) < 4.78 is 1.63. The third-order valence-electron chi connectivity index (χ3n) is 3.01. The molecule has 3 N–H and O–H groups in total. The van der Waals surface area contributed by atoms with E-state index < -0.39 is 30.3 Å². The summed E-state index contributed by atoms with van der Waals surface area (Å²) in [5.74, 6) is -3.20. The van der Waals surface area contributed by atoms with Crippen LogP contribution in [0.5, 0.6) is 0 Å². The lowest BCUT2D eigenvalue weighted by atomic mass is 10.1. The standard InChI is InChI=1S/C12H17N3O5/c1-6-8(7(2)15(3)14-6)4-10(16)13-9(12(19)20)5-11(17)18/h9H,4-5H2,1-3H3,(H,13,16)(H,17,18)(H,19,20). The van der Waals surface area contributed by atoms with Crippen molar-refractivity contribution in [1.29, 1.82) is 0 Å². The van der Waals surface area contributed by atoms with Gasteiger partial charge in [-0.3, -0.25) is 14.3 Å². The number of nitrogens with one attached hydrogen (secondary N) is 1. The molecule has 0 aliphatic heterocycles. The van der Waals surface area contributed by atoms with E-state index in [0.717, 1.165) is 5.69 Å². The van der Waals surface area contributed by atoms with Crippen LogP contribution >= 0.6 is 0 Å². The van der Waals surface area contributed by atoms with Crippen molar-refractivity contribution in [2.24, 2.45) is 7.05 Å². The van der Waals surface area contributed by atoms with Crippen LogP contribution in [0.1, 0.15) is 23.4 Å². The SMILES string of the molecule is Cc1nn(C)c(C)c1CC(=O)NC(CC(=O)O)C(=O)O. The minimum atomic E-state index is -1.43. The molecule has 20 heavy (non-hydrogen) atoms. The number of carbonyl (C=O) groups excluding carboxylic acids is 1. The van der Waals surface area contributed by atoms with Crippen LogP contribution in [0.15, 0.2) is 0 Å². The van der Waals surface area contributed by atoms with Crippen LogP contribution in [0.3, 0.4) is 0 Å². The zero-order valence-electron chi connectivity index (χ0n) is 11.5. The Morgan fingerprint density at radius 2 is 1.90 bits per heavy atom. The first-order valence-corrected chi connectivity index (χ1v) is 5.95. The Morgan fingerprint density at radius 3 is 2.30 bits per heavy atom. The van der Waals surface area contributed by atoms with E-state index in [4.69, 9.17) is 10.2 Å². The average Bonchev–Trinajstić information content (AvgIpc) is 2.54. The molecular weight excluding hydrogens is 266 g/mol. The largest absolute Gasteiger partial charge is 0.481 e. The van der Waals surface area contributed by atoms with Gasteiger partial charge in [-0.1, -0.05) is 0 Å². The van der Waals surface area contributed by atoms with E-state index in [0.29, 0.717) is 11.3 Å². The van der Waals surface area contributed by atoms with Gasteiger partial charge in [0.1, 0.15) is 6.04 Å². The molecule has 0 fully saturated rings. The van der Waals surface area contributed by atoms with E-state index in [9.17, 15) is 14.4 Å². The van der Waals surface area contributed by atoms with E-state index in [2.05, 4.69) is 10.4 Å². The summed E-state index contributed by atoms with van der Waals surface area (Å²) in [4.78, 5) is 33.2. The monoisotopic (exact) mass is 283 g/mol. The van der Waals surface area contributed by atoms with Gasteiger partial charge in [0.05, 0.1) is 18.5 Å². The quantitative estimate of drug-likeness (QED) is 0.654. The Morgan fingerprint density at radius 1 is 1.30 bits per heavy atom. The third-order valence-corrected chi connectivity index (χ3v) is 3.01. The first kappa shape index (κ1) is 15.7. The van der Waals surface area contributed by atoms with Crippen molar-refractivity contribution in [3.63, 3.8) is 0 Å². The molecule has 0 aliphatic carbocycles. The number of carboxylic acids is 2. The Labute approximate surface area is 115 Å². The maximum atomic E-state index is 11.8. The Hall–Kier alpha value is -2.38. The molecule has 1 atom stereocenters. The van der Waals surface area contributed by atoms with Crippen LogP contribution in [-0.4, -0.2) is 43.9 Å². The molecule has 0 spiro atoms. The highest BCUT2D eigenvalue weighted by molar-refractivity contribution is 5.87. The second-order valence-electron chi connectivity index (χ2n) is 4.51. The van der Waals surface area contributed by atoms with Crippen molar-refractivity contribution < 1.29 is 24.6 Å². The lowest BCUT2D eigenvalue weighted by Crippen LogP contribution is -2.43. The predicted octanol–water partition coefficient (Wildman–Crippen LogP) is -0.376. The number of nitrogens with zero attached hydrogens (tertiary/aromatic N) is 2. The minimum absolute atomic E-state index is 0.0328. The minimum Gasteiger partial charge on any atom is -0.481 e. The van der Waals surface area contributed by atoms with Crippen LogP contribution in [0.4, 0.5) is 0 Å². The normalized spacial score (nSPS) is 11.9. The Kier molecular flexibility index (Phi) is 4.84. The molecule has 1 aromatic rings. The molecule has 110 valence electrons. The summed E-state index contributed by atoms with van der Waals surface area (Å²) in [5.41, 5.74) is 2.21. The van der Waals surface area contributed by atoms with Gasteiger partial charge in [-0.25, -0.2) is 4.79 Å². The summed E-state index contributed by atoms with van der Waals surface area (Å²) >= 11 is 0. The molecule has 0 saturated carbocycles. The highest BCUT2D eigenvalue weighted by Crippen LogP contribution is 2.12. The lowest BCUT2D eigenvalue weighted by Gasteiger charge is -2.12. The van der Waals surface area contributed by atoms with Gasteiger partial charge in [-0.15, -0.1) is 0 Å². The van der Waals surface area contributed by atoms with Crippen molar-refractivity contribution in [1.82, 2.24) is 15.1 Å². The molecule has 1 rings (SSSR count). The highest BCUT2D eigenvalue weighted by atomic mass is 16.4. The molecule has 0 aromatic carbocycles. The fraction of sp³-hybridized carbons (Fsp3) is 0.500. The first-order valence-electron chi connectivity index (χ1n) is 5.95. The molecule has 0 radical (unpaired) electrons. The van der Waals surface area contributed by atoms with Gasteiger partial charge in [0.25, 0.3) is 0 Å². The summed E-state index contributed by atoms with van der Waals surface area (Å²) in [6.07, 6.45) is -0.693. The zero-order chi connectivity index (χ0) is 15.4. The van der Waals surface area contributed by atoms with Gasteiger partial charge < -0.3 is 15.5 Å². The first-order chi connectivity index (χ1) is 9.22. The summed E-state index contributed by atoms with van der Waals surface area (Å²) in [6, 6.07) is -1.43. The van der Waals surface area contributed by atoms with Crippen LogP contribution in [-0.2, 0) is 27.9 Å². The second-order valence-corrected chi connectivity index (χ2v) is 4.51. The highest BCUT2D eigenvalue weighted by Gasteiger charge is 2.24. The summed E-state index contributed by atoms with van der Waals surface area (Å²) in [6.45, 7) is 3.55. The van der Waals surface area contributed by atoms with E-state index in [-0.39, 0.29) is 6.42 Å². The molecule has 0 saturated heterocycles. The van der Waals surface area contributed by atoms with Gasteiger partial charge in [0.2, 0.25) is 5.91 Å². The molecule has 0 aliphatic rings. The van der Waals surface area contributed by atoms with Gasteiger partial charge in [0, 0.05) is 18.3 Å². The third kappa shape index (κ3) is 3.81. The number of carboxylic acid groups (broad SMARTS) is 2. The van der Waals surface area contributed by atoms with Crippen LogP contribution < -0.4 is 5.32 Å². The number of carbonyl (C=O) groups is 3. The van der Waals surface area contributed by atoms with E-state index in [1.165, 1.54) is 0 Å². The van der Waals surface area contributed by atoms with Crippen molar-refractivity contribution in [3.05, 3.63) is 17.0 Å². The van der Waals surface area contributed by atoms with Crippen LogP contribution in [0.25, 0.3) is 0 Å². The molecule has 1 heterocycles. The number of rotatable bonds is 6. The average molecular weight is 283 g/mol.